The van der Waals surface area contributed by atoms with Crippen molar-refractivity contribution >= 4 is 55.0 Å². The first kappa shape index (κ1) is 23.0. The molecule has 0 saturated heterocycles. The van der Waals surface area contributed by atoms with E-state index in [1.54, 1.807) is 42.7 Å². The van der Waals surface area contributed by atoms with E-state index < -0.39 is 30.0 Å². The summed E-state index contributed by atoms with van der Waals surface area (Å²) >= 11 is 4.18. The maximum Gasteiger partial charge on any atom is 0.280 e. The van der Waals surface area contributed by atoms with E-state index in [4.69, 9.17) is 5.73 Å². The molecule has 0 aliphatic heterocycles. The van der Waals surface area contributed by atoms with Crippen LogP contribution in [0.2, 0.25) is 0 Å². The van der Waals surface area contributed by atoms with Crippen molar-refractivity contribution in [2.24, 2.45) is 5.73 Å². The molecular formula is C22H18BrF2N5O2S. The van der Waals surface area contributed by atoms with Crippen molar-refractivity contribution in [1.29, 1.82) is 0 Å². The Balaban J connectivity index is 1.90. The van der Waals surface area contributed by atoms with Gasteiger partial charge in [-0.25, -0.2) is 13.8 Å². The molecule has 3 heterocycles. The fourth-order valence-electron chi connectivity index (χ4n) is 3.55. The number of rotatable bonds is 7. The molecule has 11 heteroatoms. The van der Waals surface area contributed by atoms with Crippen LogP contribution in [0.5, 0.6) is 0 Å². The fraction of sp³-hybridized carbons (Fsp3) is 0.182. The van der Waals surface area contributed by atoms with Crippen molar-refractivity contribution in [2.75, 3.05) is 5.32 Å². The average Bonchev–Trinajstić information content (AvgIpc) is 3.38. The van der Waals surface area contributed by atoms with Gasteiger partial charge in [0.25, 0.3) is 12.3 Å². The van der Waals surface area contributed by atoms with Crippen LogP contribution >= 0.6 is 27.3 Å². The van der Waals surface area contributed by atoms with Crippen LogP contribution in [0, 0.1) is 0 Å². The number of anilines is 1. The molecule has 0 spiro atoms. The number of pyridine rings is 1. The topological polar surface area (TPSA) is 103 Å². The van der Waals surface area contributed by atoms with Crippen LogP contribution < -0.4 is 11.1 Å². The molecule has 4 aromatic rings. The lowest BCUT2D eigenvalue weighted by atomic mass is 10.0. The molecule has 0 saturated carbocycles. The van der Waals surface area contributed by atoms with Crippen LogP contribution in [0.15, 0.2) is 53.3 Å². The Morgan fingerprint density at radius 3 is 2.58 bits per heavy atom. The number of carbonyl (C=O) groups excluding carboxylic acids is 2. The number of carbonyl (C=O) groups is 2. The van der Waals surface area contributed by atoms with Crippen LogP contribution in [0.1, 0.15) is 41.2 Å². The van der Waals surface area contributed by atoms with Crippen LogP contribution in [-0.2, 0) is 4.79 Å². The van der Waals surface area contributed by atoms with E-state index in [-0.39, 0.29) is 15.4 Å². The summed E-state index contributed by atoms with van der Waals surface area (Å²) in [5.41, 5.74) is 6.37. The summed E-state index contributed by atoms with van der Waals surface area (Å²) in [6, 6.07) is 9.46. The minimum atomic E-state index is -2.81. The Bertz CT molecular complexity index is 1340. The molecule has 1 aromatic carbocycles. The molecule has 0 aliphatic rings. The van der Waals surface area contributed by atoms with Gasteiger partial charge in [0.1, 0.15) is 21.4 Å². The first-order valence-electron chi connectivity index (χ1n) is 9.91. The Labute approximate surface area is 199 Å². The van der Waals surface area contributed by atoms with E-state index in [9.17, 15) is 18.4 Å². The zero-order chi connectivity index (χ0) is 23.7. The lowest BCUT2D eigenvalue weighted by Gasteiger charge is -2.16. The first-order valence-corrected chi connectivity index (χ1v) is 11.5. The molecule has 170 valence electrons. The van der Waals surface area contributed by atoms with Gasteiger partial charge in [0.2, 0.25) is 5.91 Å². The number of fused-ring (bicyclic) bond motifs is 1. The standard InChI is InChI=1S/C22H18BrF2N5O2S/c1-2-15(30-10-12(23)9-27-30)21(32)29-17-16-13(11-6-4-3-5-7-11)8-14(19(24)25)28-22(16)33-18(17)20(26)31/h3-10,15,19H,2H2,1H3,(H2,26,31)(H,29,32). The van der Waals surface area contributed by atoms with Gasteiger partial charge in [-0.1, -0.05) is 37.3 Å². The van der Waals surface area contributed by atoms with Gasteiger partial charge in [0.05, 0.1) is 16.4 Å². The molecule has 7 nitrogen and oxygen atoms in total. The normalized spacial score (nSPS) is 12.3. The number of aromatic nitrogens is 3. The number of nitrogens with two attached hydrogens (primary N) is 1. The maximum atomic E-state index is 13.6. The first-order chi connectivity index (χ1) is 15.8. The molecule has 4 rings (SSSR count). The zero-order valence-electron chi connectivity index (χ0n) is 17.3. The number of primary amides is 1. The second-order valence-electron chi connectivity index (χ2n) is 7.16. The van der Waals surface area contributed by atoms with Gasteiger partial charge in [0, 0.05) is 11.6 Å². The van der Waals surface area contributed by atoms with Gasteiger partial charge < -0.3 is 11.1 Å². The monoisotopic (exact) mass is 533 g/mol. The van der Waals surface area contributed by atoms with Gasteiger partial charge in [-0.3, -0.25) is 14.3 Å². The van der Waals surface area contributed by atoms with Gasteiger partial charge in [-0.15, -0.1) is 11.3 Å². The number of benzene rings is 1. The van der Waals surface area contributed by atoms with E-state index in [1.807, 2.05) is 6.92 Å². The largest absolute Gasteiger partial charge is 0.365 e. The molecule has 1 unspecified atom stereocenters. The van der Waals surface area contributed by atoms with E-state index in [0.717, 1.165) is 11.3 Å². The summed E-state index contributed by atoms with van der Waals surface area (Å²) in [7, 11) is 0. The summed E-state index contributed by atoms with van der Waals surface area (Å²) < 4.78 is 29.4. The van der Waals surface area contributed by atoms with Crippen molar-refractivity contribution < 1.29 is 18.4 Å². The molecule has 1 atom stereocenters. The van der Waals surface area contributed by atoms with Crippen LogP contribution in [0.4, 0.5) is 14.5 Å². The second-order valence-corrected chi connectivity index (χ2v) is 9.08. The summed E-state index contributed by atoms with van der Waals surface area (Å²) in [6.45, 7) is 1.83. The smallest absolute Gasteiger partial charge is 0.280 e. The zero-order valence-corrected chi connectivity index (χ0v) is 19.7. The number of hydrogen-bond donors (Lipinski definition) is 2. The highest BCUT2D eigenvalue weighted by molar-refractivity contribution is 9.10. The SMILES string of the molecule is CCC(C(=O)Nc1c(C(N)=O)sc2nc(C(F)F)cc(-c3ccccc3)c12)n1cc(Br)cn1. The van der Waals surface area contributed by atoms with E-state index in [1.165, 1.54) is 10.7 Å². The third-order valence-electron chi connectivity index (χ3n) is 5.04. The summed E-state index contributed by atoms with van der Waals surface area (Å²) in [5, 5.41) is 7.36. The van der Waals surface area contributed by atoms with E-state index >= 15 is 0 Å². The average molecular weight is 534 g/mol. The van der Waals surface area contributed by atoms with Crippen molar-refractivity contribution in [3.05, 3.63) is 63.8 Å². The van der Waals surface area contributed by atoms with Crippen LogP contribution in [0.3, 0.4) is 0 Å². The number of hydrogen-bond acceptors (Lipinski definition) is 5. The number of nitrogens with one attached hydrogen (secondary N) is 1. The summed E-state index contributed by atoms with van der Waals surface area (Å²) in [4.78, 5) is 29.7. The fourth-order valence-corrected chi connectivity index (χ4v) is 4.87. The van der Waals surface area contributed by atoms with E-state index in [2.05, 4.69) is 31.3 Å². The van der Waals surface area contributed by atoms with Gasteiger partial charge in [-0.05, 0) is 39.5 Å². The van der Waals surface area contributed by atoms with Crippen LogP contribution in [-0.4, -0.2) is 26.6 Å². The Hall–Kier alpha value is -3.18. The highest BCUT2D eigenvalue weighted by Crippen LogP contribution is 2.42. The quantitative estimate of drug-likeness (QED) is 0.325. The van der Waals surface area contributed by atoms with Gasteiger partial charge in [-0.2, -0.15) is 5.10 Å². The van der Waals surface area contributed by atoms with E-state index in [0.29, 0.717) is 27.4 Å². The van der Waals surface area contributed by atoms with Crippen molar-refractivity contribution in [3.63, 3.8) is 0 Å². The number of alkyl halides is 2. The minimum Gasteiger partial charge on any atom is -0.365 e. The lowest BCUT2D eigenvalue weighted by molar-refractivity contribution is -0.119. The van der Waals surface area contributed by atoms with Gasteiger partial charge in [0.15, 0.2) is 0 Å². The number of thiophene rings is 1. The van der Waals surface area contributed by atoms with Crippen molar-refractivity contribution in [2.45, 2.75) is 25.8 Å². The van der Waals surface area contributed by atoms with Crippen molar-refractivity contribution in [3.8, 4) is 11.1 Å². The molecule has 33 heavy (non-hydrogen) atoms. The number of halogens is 3. The highest BCUT2D eigenvalue weighted by atomic mass is 79.9. The molecule has 0 aliphatic carbocycles. The number of amides is 2. The second kappa shape index (κ2) is 9.36. The molecule has 0 radical (unpaired) electrons. The highest BCUT2D eigenvalue weighted by Gasteiger charge is 2.27. The predicted octanol–water partition coefficient (Wildman–Crippen LogP) is 5.55. The summed E-state index contributed by atoms with van der Waals surface area (Å²) in [5.74, 6) is -1.21. The maximum absolute atomic E-state index is 13.6. The van der Waals surface area contributed by atoms with Crippen LogP contribution in [0.25, 0.3) is 21.3 Å². The third kappa shape index (κ3) is 4.51. The molecule has 3 aromatic heterocycles. The Kier molecular flexibility index (Phi) is 6.52. The third-order valence-corrected chi connectivity index (χ3v) is 6.55. The molecule has 2 amide bonds. The van der Waals surface area contributed by atoms with Gasteiger partial charge >= 0.3 is 0 Å². The Morgan fingerprint density at radius 1 is 1.27 bits per heavy atom. The molecule has 0 fully saturated rings. The molecule has 3 N–H and O–H groups in total. The Morgan fingerprint density at radius 2 is 2.00 bits per heavy atom. The minimum absolute atomic E-state index is 0.0333. The molecular weight excluding hydrogens is 516 g/mol. The molecule has 0 bridgehead atoms. The predicted molar refractivity (Wildman–Crippen MR) is 126 cm³/mol. The number of nitrogens with zero attached hydrogens (tertiary/aromatic N) is 3. The summed E-state index contributed by atoms with van der Waals surface area (Å²) in [6.07, 6.45) is 0.846. The lowest BCUT2D eigenvalue weighted by Crippen LogP contribution is -2.27. The van der Waals surface area contributed by atoms with Crippen molar-refractivity contribution in [1.82, 2.24) is 14.8 Å².